The number of benzene rings is 1. The van der Waals surface area contributed by atoms with E-state index in [2.05, 4.69) is 10.6 Å². The number of hydrogen-bond donors (Lipinski definition) is 2. The number of unbranched alkanes of at least 4 members (excludes halogenated alkanes) is 1. The minimum absolute atomic E-state index is 0.196. The summed E-state index contributed by atoms with van der Waals surface area (Å²) in [4.78, 5) is 33.1. The fourth-order valence-corrected chi connectivity index (χ4v) is 1.93. The van der Waals surface area contributed by atoms with Gasteiger partial charge in [0.1, 0.15) is 6.61 Å². The summed E-state index contributed by atoms with van der Waals surface area (Å²) in [5.41, 5.74) is 0.898. The van der Waals surface area contributed by atoms with Gasteiger partial charge in [0.15, 0.2) is 0 Å². The van der Waals surface area contributed by atoms with E-state index in [1.54, 1.807) is 0 Å². The number of carboxylic acids is 1. The van der Waals surface area contributed by atoms with E-state index in [0.29, 0.717) is 19.4 Å². The molecule has 0 bridgehead atoms. The molecule has 7 heteroatoms. The van der Waals surface area contributed by atoms with Gasteiger partial charge in [-0.05, 0) is 24.8 Å². The Balaban J connectivity index is 2.12. The summed E-state index contributed by atoms with van der Waals surface area (Å²) < 4.78 is 5.04. The van der Waals surface area contributed by atoms with Gasteiger partial charge in [-0.2, -0.15) is 0 Å². The highest BCUT2D eigenvalue weighted by atomic mass is 16.5. The van der Waals surface area contributed by atoms with Crippen LogP contribution in [-0.4, -0.2) is 30.6 Å². The van der Waals surface area contributed by atoms with Crippen molar-refractivity contribution >= 4 is 18.0 Å². The Kier molecular flexibility index (Phi) is 8.20. The third-order valence-corrected chi connectivity index (χ3v) is 3.06. The van der Waals surface area contributed by atoms with Gasteiger partial charge < -0.3 is 25.3 Å². The summed E-state index contributed by atoms with van der Waals surface area (Å²) in [5, 5.41) is 15.7. The molecule has 0 aliphatic heterocycles. The zero-order chi connectivity index (χ0) is 17.1. The lowest BCUT2D eigenvalue weighted by atomic mass is 10.1. The van der Waals surface area contributed by atoms with Crippen LogP contribution >= 0.6 is 0 Å². The molecule has 126 valence electrons. The molecule has 2 N–H and O–H groups in total. The molecule has 1 aromatic rings. The van der Waals surface area contributed by atoms with E-state index in [0.717, 1.165) is 5.56 Å². The van der Waals surface area contributed by atoms with Crippen LogP contribution in [0.3, 0.4) is 0 Å². The van der Waals surface area contributed by atoms with E-state index < -0.39 is 24.0 Å². The molecule has 0 spiro atoms. The summed E-state index contributed by atoms with van der Waals surface area (Å²) >= 11 is 0. The number of amides is 2. The van der Waals surface area contributed by atoms with Crippen LogP contribution < -0.4 is 15.7 Å². The first-order valence-corrected chi connectivity index (χ1v) is 7.41. The van der Waals surface area contributed by atoms with Crippen molar-refractivity contribution < 1.29 is 24.2 Å². The number of hydrogen-bond acceptors (Lipinski definition) is 5. The number of aliphatic carboxylic acids is 1. The van der Waals surface area contributed by atoms with Gasteiger partial charge >= 0.3 is 6.09 Å². The Morgan fingerprint density at radius 2 is 1.87 bits per heavy atom. The molecule has 0 heterocycles. The van der Waals surface area contributed by atoms with Crippen LogP contribution in [-0.2, 0) is 20.9 Å². The maximum Gasteiger partial charge on any atom is 0.407 e. The standard InChI is InChI=1S/C16H22N2O5/c1-12(19)18-14(15(20)21)9-5-6-10-17-16(22)23-11-13-7-3-2-4-8-13/h2-4,7-8,14H,5-6,9-11H2,1H3,(H,17,22)(H,18,19)(H,20,21)/p-1. The molecular weight excluding hydrogens is 300 g/mol. The van der Waals surface area contributed by atoms with Gasteiger partial charge in [0.05, 0.1) is 12.0 Å². The largest absolute Gasteiger partial charge is 0.548 e. The third kappa shape index (κ3) is 8.45. The second kappa shape index (κ2) is 10.2. The predicted molar refractivity (Wildman–Crippen MR) is 81.1 cm³/mol. The Labute approximate surface area is 135 Å². The number of carboxylic acid groups (broad SMARTS) is 1. The molecule has 1 rings (SSSR count). The molecular formula is C16H21N2O5-. The van der Waals surface area contributed by atoms with Gasteiger partial charge in [0.2, 0.25) is 5.91 Å². The second-order valence-electron chi connectivity index (χ2n) is 5.06. The quantitative estimate of drug-likeness (QED) is 0.638. The highest BCUT2D eigenvalue weighted by Gasteiger charge is 2.10. The summed E-state index contributed by atoms with van der Waals surface area (Å²) in [5.74, 6) is -1.72. The lowest BCUT2D eigenvalue weighted by Gasteiger charge is -2.18. The van der Waals surface area contributed by atoms with Gasteiger partial charge in [0, 0.05) is 13.5 Å². The lowest BCUT2D eigenvalue weighted by Crippen LogP contribution is -2.47. The molecule has 23 heavy (non-hydrogen) atoms. The van der Waals surface area contributed by atoms with Crippen LogP contribution in [0.15, 0.2) is 30.3 Å². The number of alkyl carbamates (subject to hydrolysis) is 1. The normalized spacial score (nSPS) is 11.3. The number of rotatable bonds is 9. The van der Waals surface area contributed by atoms with Crippen LogP contribution in [0.1, 0.15) is 31.7 Å². The van der Waals surface area contributed by atoms with Crippen molar-refractivity contribution in [1.29, 1.82) is 0 Å². The summed E-state index contributed by atoms with van der Waals surface area (Å²) in [6, 6.07) is 8.31. The van der Waals surface area contributed by atoms with Crippen LogP contribution in [0.25, 0.3) is 0 Å². The van der Waals surface area contributed by atoms with Crippen LogP contribution in [0, 0.1) is 0 Å². The lowest BCUT2D eigenvalue weighted by molar-refractivity contribution is -0.308. The van der Waals surface area contributed by atoms with Crippen LogP contribution in [0.4, 0.5) is 4.79 Å². The fourth-order valence-electron chi connectivity index (χ4n) is 1.93. The van der Waals surface area contributed by atoms with Crippen LogP contribution in [0.5, 0.6) is 0 Å². The molecule has 1 unspecified atom stereocenters. The van der Waals surface area contributed by atoms with Crippen LogP contribution in [0.2, 0.25) is 0 Å². The minimum atomic E-state index is -1.31. The van der Waals surface area contributed by atoms with E-state index in [9.17, 15) is 19.5 Å². The summed E-state index contributed by atoms with van der Waals surface area (Å²) in [6.07, 6.45) is 0.830. The molecule has 2 amide bonds. The number of nitrogens with one attached hydrogen (secondary N) is 2. The van der Waals surface area contributed by atoms with Crippen molar-refractivity contribution in [2.45, 2.75) is 38.8 Å². The Hall–Kier alpha value is -2.57. The monoisotopic (exact) mass is 321 g/mol. The van der Waals surface area contributed by atoms with Gasteiger partial charge in [0.25, 0.3) is 0 Å². The molecule has 0 radical (unpaired) electrons. The first-order chi connectivity index (χ1) is 11.0. The molecule has 0 aromatic heterocycles. The van der Waals surface area contributed by atoms with E-state index >= 15 is 0 Å². The third-order valence-electron chi connectivity index (χ3n) is 3.06. The van der Waals surface area contributed by atoms with Crippen molar-refractivity contribution in [3.63, 3.8) is 0 Å². The molecule has 0 saturated carbocycles. The highest BCUT2D eigenvalue weighted by molar-refractivity contribution is 5.80. The van der Waals surface area contributed by atoms with Crippen molar-refractivity contribution in [3.8, 4) is 0 Å². The fraction of sp³-hybridized carbons (Fsp3) is 0.438. The van der Waals surface area contributed by atoms with E-state index in [1.165, 1.54) is 6.92 Å². The van der Waals surface area contributed by atoms with Gasteiger partial charge in [-0.15, -0.1) is 0 Å². The predicted octanol–water partition coefficient (Wildman–Crippen LogP) is 0.338. The van der Waals surface area contributed by atoms with Crippen molar-refractivity contribution in [2.75, 3.05) is 6.54 Å². The molecule has 0 aliphatic carbocycles. The zero-order valence-electron chi connectivity index (χ0n) is 13.0. The maximum absolute atomic E-state index is 11.5. The van der Waals surface area contributed by atoms with Crippen molar-refractivity contribution in [1.82, 2.24) is 10.6 Å². The van der Waals surface area contributed by atoms with E-state index in [-0.39, 0.29) is 13.0 Å². The molecule has 0 aliphatic rings. The smallest absolute Gasteiger partial charge is 0.407 e. The van der Waals surface area contributed by atoms with Gasteiger partial charge in [-0.25, -0.2) is 4.79 Å². The molecule has 7 nitrogen and oxygen atoms in total. The summed E-state index contributed by atoms with van der Waals surface area (Å²) in [6.45, 7) is 1.82. The first kappa shape index (κ1) is 18.5. The molecule has 1 aromatic carbocycles. The molecule has 0 saturated heterocycles. The highest BCUT2D eigenvalue weighted by Crippen LogP contribution is 2.02. The van der Waals surface area contributed by atoms with Gasteiger partial charge in [-0.3, -0.25) is 4.79 Å². The molecule has 1 atom stereocenters. The second-order valence-corrected chi connectivity index (χ2v) is 5.06. The topological polar surface area (TPSA) is 108 Å². The number of ether oxygens (including phenoxy) is 1. The Bertz CT molecular complexity index is 518. The first-order valence-electron chi connectivity index (χ1n) is 7.41. The summed E-state index contributed by atoms with van der Waals surface area (Å²) in [7, 11) is 0. The Morgan fingerprint density at radius 1 is 1.17 bits per heavy atom. The van der Waals surface area contributed by atoms with Crippen molar-refractivity contribution in [3.05, 3.63) is 35.9 Å². The Morgan fingerprint density at radius 3 is 2.48 bits per heavy atom. The minimum Gasteiger partial charge on any atom is -0.548 e. The SMILES string of the molecule is CC(=O)NC(CCCCNC(=O)OCc1ccccc1)C(=O)[O-]. The van der Waals surface area contributed by atoms with E-state index in [1.807, 2.05) is 30.3 Å². The van der Waals surface area contributed by atoms with E-state index in [4.69, 9.17) is 4.74 Å². The maximum atomic E-state index is 11.5. The zero-order valence-corrected chi connectivity index (χ0v) is 13.0. The number of carbonyl (C=O) groups is 3. The molecule has 0 fully saturated rings. The number of carbonyl (C=O) groups excluding carboxylic acids is 3. The van der Waals surface area contributed by atoms with Gasteiger partial charge in [-0.1, -0.05) is 30.3 Å². The average molecular weight is 321 g/mol. The average Bonchev–Trinajstić information content (AvgIpc) is 2.52. The van der Waals surface area contributed by atoms with Crippen molar-refractivity contribution in [2.24, 2.45) is 0 Å².